The van der Waals surface area contributed by atoms with Crippen LogP contribution in [0.5, 0.6) is 0 Å². The maximum absolute atomic E-state index is 11.8. The SMILES string of the molecule is O=C(OCc1coc(-c2cccs2)n1)[C@@H]1CCCS1. The molecule has 0 aromatic carbocycles. The second-order valence-electron chi connectivity index (χ2n) is 4.23. The van der Waals surface area contributed by atoms with Gasteiger partial charge < -0.3 is 9.15 Å². The monoisotopic (exact) mass is 295 g/mol. The minimum absolute atomic E-state index is 0.00340. The number of hydrogen-bond donors (Lipinski definition) is 0. The molecule has 0 saturated carbocycles. The Balaban J connectivity index is 1.57. The fourth-order valence-electron chi connectivity index (χ4n) is 1.89. The Labute approximate surface area is 119 Å². The third-order valence-electron chi connectivity index (χ3n) is 2.84. The van der Waals surface area contributed by atoms with Crippen molar-refractivity contribution in [2.24, 2.45) is 0 Å². The van der Waals surface area contributed by atoms with Crippen molar-refractivity contribution in [2.75, 3.05) is 5.75 Å². The molecule has 3 heterocycles. The molecule has 19 heavy (non-hydrogen) atoms. The van der Waals surface area contributed by atoms with Gasteiger partial charge in [0.05, 0.1) is 4.88 Å². The van der Waals surface area contributed by atoms with E-state index in [9.17, 15) is 4.79 Å². The van der Waals surface area contributed by atoms with Gasteiger partial charge in [-0.3, -0.25) is 4.79 Å². The summed E-state index contributed by atoms with van der Waals surface area (Å²) in [7, 11) is 0. The van der Waals surface area contributed by atoms with Crippen LogP contribution < -0.4 is 0 Å². The van der Waals surface area contributed by atoms with Crippen LogP contribution in [0, 0.1) is 0 Å². The van der Waals surface area contributed by atoms with Gasteiger partial charge in [-0.25, -0.2) is 4.98 Å². The van der Waals surface area contributed by atoms with E-state index in [2.05, 4.69) is 4.98 Å². The minimum Gasteiger partial charge on any atom is -0.458 e. The maximum Gasteiger partial charge on any atom is 0.319 e. The van der Waals surface area contributed by atoms with Crippen LogP contribution in [0.2, 0.25) is 0 Å². The Morgan fingerprint density at radius 2 is 2.53 bits per heavy atom. The first-order valence-electron chi connectivity index (χ1n) is 6.09. The van der Waals surface area contributed by atoms with Gasteiger partial charge in [0.2, 0.25) is 5.89 Å². The highest BCUT2D eigenvalue weighted by Gasteiger charge is 2.25. The van der Waals surface area contributed by atoms with Crippen molar-refractivity contribution in [1.29, 1.82) is 0 Å². The summed E-state index contributed by atoms with van der Waals surface area (Å²) in [5, 5.41) is 1.97. The molecule has 0 amide bonds. The van der Waals surface area contributed by atoms with Crippen LogP contribution in [0.3, 0.4) is 0 Å². The molecule has 2 aromatic heterocycles. The second-order valence-corrected chi connectivity index (χ2v) is 6.49. The topological polar surface area (TPSA) is 52.3 Å². The molecule has 0 radical (unpaired) electrons. The van der Waals surface area contributed by atoms with Crippen LogP contribution in [0.4, 0.5) is 0 Å². The average molecular weight is 295 g/mol. The zero-order valence-corrected chi connectivity index (χ0v) is 11.8. The lowest BCUT2D eigenvalue weighted by Gasteiger charge is -2.07. The molecule has 1 fully saturated rings. The molecule has 0 N–H and O–H groups in total. The molecule has 1 aliphatic rings. The van der Waals surface area contributed by atoms with E-state index in [4.69, 9.17) is 9.15 Å². The molecular weight excluding hydrogens is 282 g/mol. The van der Waals surface area contributed by atoms with E-state index < -0.39 is 0 Å². The van der Waals surface area contributed by atoms with Gasteiger partial charge in [0.25, 0.3) is 0 Å². The van der Waals surface area contributed by atoms with E-state index in [0.29, 0.717) is 11.6 Å². The predicted octanol–water partition coefficient (Wildman–Crippen LogP) is 3.34. The number of hydrogen-bond acceptors (Lipinski definition) is 6. The summed E-state index contributed by atoms with van der Waals surface area (Å²) in [6.07, 6.45) is 3.56. The van der Waals surface area contributed by atoms with Gasteiger partial charge >= 0.3 is 5.97 Å². The molecule has 0 spiro atoms. The fraction of sp³-hybridized carbons (Fsp3) is 0.385. The first kappa shape index (κ1) is 12.7. The number of thioether (sulfide) groups is 1. The summed E-state index contributed by atoms with van der Waals surface area (Å²) in [6.45, 7) is 0.185. The zero-order valence-electron chi connectivity index (χ0n) is 10.2. The third kappa shape index (κ3) is 3.01. The number of esters is 1. The number of carbonyl (C=O) groups is 1. The molecule has 0 aliphatic carbocycles. The second kappa shape index (κ2) is 5.79. The van der Waals surface area contributed by atoms with Crippen molar-refractivity contribution in [3.05, 3.63) is 29.5 Å². The summed E-state index contributed by atoms with van der Waals surface area (Å²) in [5.74, 6) is 1.49. The van der Waals surface area contributed by atoms with Gasteiger partial charge in [-0.2, -0.15) is 0 Å². The lowest BCUT2D eigenvalue weighted by atomic mass is 10.2. The number of aromatic nitrogens is 1. The van der Waals surface area contributed by atoms with Crippen LogP contribution in [-0.4, -0.2) is 22.0 Å². The Hall–Kier alpha value is -1.27. The van der Waals surface area contributed by atoms with Gasteiger partial charge in [0.1, 0.15) is 23.8 Å². The number of nitrogens with zero attached hydrogens (tertiary/aromatic N) is 1. The van der Waals surface area contributed by atoms with Crippen molar-refractivity contribution >= 4 is 29.1 Å². The molecule has 2 aromatic rings. The standard InChI is InChI=1S/C13H13NO3S2/c15-13(11-4-2-6-19-11)17-8-9-7-16-12(14-9)10-3-1-5-18-10/h1,3,5,7,11H,2,4,6,8H2/t11-/m0/s1. The van der Waals surface area contributed by atoms with Crippen LogP contribution in [0.15, 0.2) is 28.2 Å². The van der Waals surface area contributed by atoms with Gasteiger partial charge in [0, 0.05) is 0 Å². The van der Waals surface area contributed by atoms with Crippen LogP contribution >= 0.6 is 23.1 Å². The van der Waals surface area contributed by atoms with Crippen LogP contribution in [0.25, 0.3) is 10.8 Å². The normalized spacial score (nSPS) is 18.6. The number of oxazole rings is 1. The largest absolute Gasteiger partial charge is 0.458 e. The van der Waals surface area contributed by atoms with E-state index in [1.165, 1.54) is 0 Å². The predicted molar refractivity (Wildman–Crippen MR) is 75.1 cm³/mol. The van der Waals surface area contributed by atoms with E-state index in [0.717, 1.165) is 23.5 Å². The summed E-state index contributed by atoms with van der Waals surface area (Å²) in [6, 6.07) is 3.89. The number of thiophene rings is 1. The summed E-state index contributed by atoms with van der Waals surface area (Å²) in [5.41, 5.74) is 0.653. The molecule has 6 heteroatoms. The van der Waals surface area contributed by atoms with Crippen molar-refractivity contribution in [1.82, 2.24) is 4.98 Å². The average Bonchev–Trinajstić information content (AvgIpc) is 3.14. The van der Waals surface area contributed by atoms with Crippen LogP contribution in [-0.2, 0) is 16.1 Å². The molecule has 0 bridgehead atoms. The quantitative estimate of drug-likeness (QED) is 0.810. The first-order chi connectivity index (χ1) is 9.33. The lowest BCUT2D eigenvalue weighted by Crippen LogP contribution is -2.17. The Morgan fingerprint density at radius 3 is 3.26 bits per heavy atom. The Bertz CT molecular complexity index is 544. The van der Waals surface area contributed by atoms with Crippen molar-refractivity contribution < 1.29 is 13.9 Å². The summed E-state index contributed by atoms with van der Waals surface area (Å²) in [4.78, 5) is 17.0. The first-order valence-corrected chi connectivity index (χ1v) is 8.02. The van der Waals surface area contributed by atoms with E-state index in [1.807, 2.05) is 17.5 Å². The molecule has 3 rings (SSSR count). The van der Waals surface area contributed by atoms with Gasteiger partial charge in [-0.15, -0.1) is 23.1 Å². The zero-order chi connectivity index (χ0) is 13.1. The van der Waals surface area contributed by atoms with E-state index in [1.54, 1.807) is 29.4 Å². The number of carbonyl (C=O) groups excluding carboxylic acids is 1. The highest BCUT2D eigenvalue weighted by molar-refractivity contribution is 8.00. The summed E-state index contributed by atoms with van der Waals surface area (Å²) >= 11 is 3.24. The molecule has 1 aliphatic heterocycles. The van der Waals surface area contributed by atoms with Gasteiger partial charge in [-0.1, -0.05) is 6.07 Å². The van der Waals surface area contributed by atoms with E-state index >= 15 is 0 Å². The Morgan fingerprint density at radius 1 is 1.58 bits per heavy atom. The Kier molecular flexibility index (Phi) is 3.89. The fourth-order valence-corrected chi connectivity index (χ4v) is 3.70. The van der Waals surface area contributed by atoms with Crippen molar-refractivity contribution in [3.63, 3.8) is 0 Å². The molecule has 4 nitrogen and oxygen atoms in total. The molecular formula is C13H13NO3S2. The number of rotatable bonds is 4. The van der Waals surface area contributed by atoms with Crippen molar-refractivity contribution in [3.8, 4) is 10.8 Å². The van der Waals surface area contributed by atoms with Crippen molar-refractivity contribution in [2.45, 2.75) is 24.7 Å². The number of ether oxygens (including phenoxy) is 1. The van der Waals surface area contributed by atoms with Gasteiger partial charge in [0.15, 0.2) is 0 Å². The summed E-state index contributed by atoms with van der Waals surface area (Å²) < 4.78 is 10.6. The highest BCUT2D eigenvalue weighted by Crippen LogP contribution is 2.27. The lowest BCUT2D eigenvalue weighted by molar-refractivity contribution is -0.144. The minimum atomic E-state index is -0.136. The van der Waals surface area contributed by atoms with E-state index in [-0.39, 0.29) is 17.8 Å². The highest BCUT2D eigenvalue weighted by atomic mass is 32.2. The third-order valence-corrected chi connectivity index (χ3v) is 5.05. The smallest absolute Gasteiger partial charge is 0.319 e. The molecule has 1 atom stereocenters. The van der Waals surface area contributed by atoms with Crippen LogP contribution in [0.1, 0.15) is 18.5 Å². The molecule has 0 unspecified atom stereocenters. The maximum atomic E-state index is 11.8. The molecule has 100 valence electrons. The van der Waals surface area contributed by atoms with Gasteiger partial charge in [-0.05, 0) is 30.0 Å². The molecule has 1 saturated heterocycles.